The van der Waals surface area contributed by atoms with Gasteiger partial charge in [0, 0.05) is 12.7 Å². The van der Waals surface area contributed by atoms with Crippen LogP contribution in [0.25, 0.3) is 0 Å². The summed E-state index contributed by atoms with van der Waals surface area (Å²) >= 11 is 1.07. The first-order chi connectivity index (χ1) is 6.96. The Bertz CT molecular complexity index is 313. The molecule has 0 spiro atoms. The van der Waals surface area contributed by atoms with Crippen molar-refractivity contribution in [3.8, 4) is 0 Å². The first-order valence-electron chi connectivity index (χ1n) is 4.33. The molecule has 1 heterocycles. The van der Waals surface area contributed by atoms with Crippen LogP contribution in [0.3, 0.4) is 0 Å². The Morgan fingerprint density at radius 3 is 2.60 bits per heavy atom. The van der Waals surface area contributed by atoms with Gasteiger partial charge in [0.25, 0.3) is 0 Å². The van der Waals surface area contributed by atoms with E-state index in [2.05, 4.69) is 4.98 Å². The lowest BCUT2D eigenvalue weighted by atomic mass is 10.5. The zero-order chi connectivity index (χ0) is 11.5. The summed E-state index contributed by atoms with van der Waals surface area (Å²) in [5, 5.41) is 9.06. The molecule has 0 bridgehead atoms. The van der Waals surface area contributed by atoms with Crippen molar-refractivity contribution in [2.24, 2.45) is 0 Å². The van der Waals surface area contributed by atoms with Crippen LogP contribution in [0.5, 0.6) is 0 Å². The lowest BCUT2D eigenvalue weighted by Gasteiger charge is -2.20. The van der Waals surface area contributed by atoms with Gasteiger partial charge in [-0.2, -0.15) is 13.2 Å². The van der Waals surface area contributed by atoms with Crippen LogP contribution >= 0.6 is 11.3 Å². The smallest absolute Gasteiger partial charge is 0.391 e. The van der Waals surface area contributed by atoms with Gasteiger partial charge in [0.05, 0.1) is 11.5 Å². The number of anilines is 1. The fraction of sp³-hybridized carbons (Fsp3) is 0.625. The minimum atomic E-state index is -4.24. The van der Waals surface area contributed by atoms with Gasteiger partial charge in [0.2, 0.25) is 0 Å². The molecule has 0 aliphatic heterocycles. The third-order valence-electron chi connectivity index (χ3n) is 1.72. The van der Waals surface area contributed by atoms with Crippen LogP contribution in [0.1, 0.15) is 11.8 Å². The fourth-order valence-electron chi connectivity index (χ4n) is 1.05. The van der Waals surface area contributed by atoms with E-state index in [1.165, 1.54) is 6.20 Å². The summed E-state index contributed by atoms with van der Waals surface area (Å²) in [6.45, 7) is 0.659. The molecule has 3 nitrogen and oxygen atoms in total. The SMILES string of the molecule is CCN(CC(F)(F)F)c1ncc(CO)s1. The van der Waals surface area contributed by atoms with Crippen LogP contribution in [-0.2, 0) is 6.61 Å². The largest absolute Gasteiger partial charge is 0.406 e. The third kappa shape index (κ3) is 3.67. The van der Waals surface area contributed by atoms with Gasteiger partial charge in [-0.05, 0) is 6.92 Å². The van der Waals surface area contributed by atoms with Crippen LogP contribution in [0.4, 0.5) is 18.3 Å². The lowest BCUT2D eigenvalue weighted by Crippen LogP contribution is -2.33. The maximum absolute atomic E-state index is 12.2. The Morgan fingerprint density at radius 1 is 1.53 bits per heavy atom. The van der Waals surface area contributed by atoms with E-state index in [4.69, 9.17) is 5.11 Å². The topological polar surface area (TPSA) is 36.4 Å². The molecule has 0 radical (unpaired) electrons. The number of hydrogen-bond donors (Lipinski definition) is 1. The first-order valence-corrected chi connectivity index (χ1v) is 5.15. The monoisotopic (exact) mass is 240 g/mol. The highest BCUT2D eigenvalue weighted by atomic mass is 32.1. The number of aliphatic hydroxyl groups is 1. The molecular weight excluding hydrogens is 229 g/mol. The number of aliphatic hydroxyl groups excluding tert-OH is 1. The molecule has 1 aromatic rings. The Hall–Kier alpha value is -0.820. The summed E-state index contributed by atoms with van der Waals surface area (Å²) in [4.78, 5) is 5.52. The highest BCUT2D eigenvalue weighted by molar-refractivity contribution is 7.15. The zero-order valence-electron chi connectivity index (χ0n) is 8.08. The predicted molar refractivity (Wildman–Crippen MR) is 52.0 cm³/mol. The highest BCUT2D eigenvalue weighted by Gasteiger charge is 2.31. The minimum Gasteiger partial charge on any atom is -0.391 e. The Morgan fingerprint density at radius 2 is 2.20 bits per heavy atom. The number of halogens is 3. The van der Waals surface area contributed by atoms with Crippen molar-refractivity contribution in [3.05, 3.63) is 11.1 Å². The average molecular weight is 240 g/mol. The van der Waals surface area contributed by atoms with E-state index in [9.17, 15) is 13.2 Å². The van der Waals surface area contributed by atoms with Gasteiger partial charge in [-0.15, -0.1) is 0 Å². The molecule has 0 aliphatic carbocycles. The zero-order valence-corrected chi connectivity index (χ0v) is 8.90. The van der Waals surface area contributed by atoms with Gasteiger partial charge >= 0.3 is 6.18 Å². The Balaban J connectivity index is 2.74. The molecule has 0 aliphatic rings. The van der Waals surface area contributed by atoms with Gasteiger partial charge < -0.3 is 10.0 Å². The van der Waals surface area contributed by atoms with E-state index in [-0.39, 0.29) is 13.2 Å². The van der Waals surface area contributed by atoms with E-state index in [1.807, 2.05) is 0 Å². The van der Waals surface area contributed by atoms with Crippen molar-refractivity contribution in [1.82, 2.24) is 4.98 Å². The normalized spacial score (nSPS) is 11.8. The number of nitrogens with zero attached hydrogens (tertiary/aromatic N) is 2. The van der Waals surface area contributed by atoms with E-state index in [0.29, 0.717) is 10.0 Å². The average Bonchev–Trinajstić information content (AvgIpc) is 2.60. The Kier molecular flexibility index (Phi) is 3.92. The third-order valence-corrected chi connectivity index (χ3v) is 2.76. The minimum absolute atomic E-state index is 0.193. The number of rotatable bonds is 4. The molecule has 0 saturated carbocycles. The summed E-state index contributed by atoms with van der Waals surface area (Å²) in [5.74, 6) is 0. The quantitative estimate of drug-likeness (QED) is 0.874. The van der Waals surface area contributed by atoms with Crippen LogP contribution < -0.4 is 4.90 Å². The van der Waals surface area contributed by atoms with Gasteiger partial charge in [-0.25, -0.2) is 4.98 Å². The van der Waals surface area contributed by atoms with E-state index >= 15 is 0 Å². The molecule has 0 unspecified atom stereocenters. The lowest BCUT2D eigenvalue weighted by molar-refractivity contribution is -0.119. The Labute approximate surface area is 89.2 Å². The maximum Gasteiger partial charge on any atom is 0.406 e. The molecule has 86 valence electrons. The molecular formula is C8H11F3N2OS. The van der Waals surface area contributed by atoms with Gasteiger partial charge in [0.1, 0.15) is 6.54 Å². The van der Waals surface area contributed by atoms with E-state index < -0.39 is 12.7 Å². The van der Waals surface area contributed by atoms with Crippen LogP contribution in [0.2, 0.25) is 0 Å². The molecule has 1 aromatic heterocycles. The molecule has 1 rings (SSSR count). The number of hydrogen-bond acceptors (Lipinski definition) is 4. The van der Waals surface area contributed by atoms with Crippen molar-refractivity contribution < 1.29 is 18.3 Å². The van der Waals surface area contributed by atoms with Gasteiger partial charge in [-0.1, -0.05) is 11.3 Å². The predicted octanol–water partition coefficient (Wildman–Crippen LogP) is 2.02. The molecule has 0 amide bonds. The van der Waals surface area contributed by atoms with Crippen molar-refractivity contribution in [2.45, 2.75) is 19.7 Å². The summed E-state index contributed by atoms with van der Waals surface area (Å²) in [6.07, 6.45) is -2.85. The fourth-order valence-corrected chi connectivity index (χ4v) is 1.88. The summed E-state index contributed by atoms with van der Waals surface area (Å²) in [7, 11) is 0. The summed E-state index contributed by atoms with van der Waals surface area (Å²) < 4.78 is 36.5. The molecule has 0 aromatic carbocycles. The number of thiazole rings is 1. The van der Waals surface area contributed by atoms with Gasteiger partial charge in [0.15, 0.2) is 5.13 Å². The highest BCUT2D eigenvalue weighted by Crippen LogP contribution is 2.26. The van der Waals surface area contributed by atoms with Crippen molar-refractivity contribution in [2.75, 3.05) is 18.0 Å². The second-order valence-electron chi connectivity index (χ2n) is 2.90. The second-order valence-corrected chi connectivity index (χ2v) is 3.99. The van der Waals surface area contributed by atoms with Crippen LogP contribution in [-0.4, -0.2) is 29.4 Å². The molecule has 0 saturated heterocycles. The van der Waals surface area contributed by atoms with Crippen molar-refractivity contribution in [3.63, 3.8) is 0 Å². The molecule has 15 heavy (non-hydrogen) atoms. The molecule has 7 heteroatoms. The number of aromatic nitrogens is 1. The molecule has 0 atom stereocenters. The van der Waals surface area contributed by atoms with Crippen molar-refractivity contribution in [1.29, 1.82) is 0 Å². The summed E-state index contributed by atoms with van der Waals surface area (Å²) in [5.41, 5.74) is 0. The van der Waals surface area contributed by atoms with Crippen LogP contribution in [0.15, 0.2) is 6.20 Å². The van der Waals surface area contributed by atoms with E-state index in [1.54, 1.807) is 6.92 Å². The molecule has 0 fully saturated rings. The first kappa shape index (κ1) is 12.3. The van der Waals surface area contributed by atoms with E-state index in [0.717, 1.165) is 16.2 Å². The van der Waals surface area contributed by atoms with Crippen LogP contribution in [0, 0.1) is 0 Å². The number of alkyl halides is 3. The maximum atomic E-state index is 12.2. The molecule has 1 N–H and O–H groups in total. The van der Waals surface area contributed by atoms with Gasteiger partial charge in [-0.3, -0.25) is 0 Å². The second kappa shape index (κ2) is 4.80. The standard InChI is InChI=1S/C8H11F3N2OS/c1-2-13(5-8(9,10)11)7-12-3-6(4-14)15-7/h3,14H,2,4-5H2,1H3. The summed E-state index contributed by atoms with van der Waals surface area (Å²) in [6, 6.07) is 0. The van der Waals surface area contributed by atoms with Crippen molar-refractivity contribution >= 4 is 16.5 Å².